The van der Waals surface area contributed by atoms with Gasteiger partial charge in [0.15, 0.2) is 22.1 Å². The van der Waals surface area contributed by atoms with E-state index in [1.807, 2.05) is 19.1 Å². The molecule has 6 atom stereocenters. The molecule has 2 aliphatic rings. The molecule has 0 bridgehead atoms. The predicted octanol–water partition coefficient (Wildman–Crippen LogP) is 3.16. The molecule has 0 radical (unpaired) electrons. The molecule has 2 aromatic heterocycles. The highest BCUT2D eigenvalue weighted by molar-refractivity contribution is 7.99. The average molecular weight is 453 g/mol. The van der Waals surface area contributed by atoms with E-state index in [0.717, 1.165) is 18.6 Å². The summed E-state index contributed by atoms with van der Waals surface area (Å²) in [6.07, 6.45) is 3.82. The van der Waals surface area contributed by atoms with Gasteiger partial charge in [0.2, 0.25) is 0 Å². The van der Waals surface area contributed by atoms with Crippen LogP contribution < -0.4 is 5.32 Å². The zero-order valence-electron chi connectivity index (χ0n) is 18.2. The van der Waals surface area contributed by atoms with E-state index < -0.39 is 12.2 Å². The highest BCUT2D eigenvalue weighted by Crippen LogP contribution is 2.43. The lowest BCUT2D eigenvalue weighted by atomic mass is 9.87. The molecule has 5 rings (SSSR count). The summed E-state index contributed by atoms with van der Waals surface area (Å²) in [7, 11) is 0. The van der Waals surface area contributed by atoms with Crippen molar-refractivity contribution in [3.05, 3.63) is 48.0 Å². The summed E-state index contributed by atoms with van der Waals surface area (Å²) in [6.45, 7) is 4.03. The van der Waals surface area contributed by atoms with Gasteiger partial charge in [-0.1, -0.05) is 73.3 Å². The maximum Gasteiger partial charge on any atom is 0.191 e. The number of fused-ring (bicyclic) bond motifs is 1. The summed E-state index contributed by atoms with van der Waals surface area (Å²) in [6, 6.07) is 10.6. The zero-order chi connectivity index (χ0) is 22.2. The van der Waals surface area contributed by atoms with E-state index in [1.54, 1.807) is 22.5 Å². The molecular weight excluding hydrogens is 424 g/mol. The average Bonchev–Trinajstić information content (AvgIpc) is 3.45. The molecule has 2 heterocycles. The Hall–Kier alpha value is -2.49. The number of anilines is 1. The Balaban J connectivity index is 1.48. The first-order valence-corrected chi connectivity index (χ1v) is 12.2. The lowest BCUT2D eigenvalue weighted by molar-refractivity contribution is -0.00663. The van der Waals surface area contributed by atoms with Crippen molar-refractivity contribution in [2.24, 2.45) is 5.92 Å². The predicted molar refractivity (Wildman–Crippen MR) is 125 cm³/mol. The van der Waals surface area contributed by atoms with Gasteiger partial charge in [0.05, 0.1) is 18.2 Å². The second kappa shape index (κ2) is 8.80. The summed E-state index contributed by atoms with van der Waals surface area (Å²) < 4.78 is 1.75. The maximum atomic E-state index is 10.4. The molecule has 0 aliphatic heterocycles. The topological polar surface area (TPSA) is 109 Å². The Labute approximate surface area is 191 Å². The van der Waals surface area contributed by atoms with Crippen LogP contribution in [0.5, 0.6) is 0 Å². The quantitative estimate of drug-likeness (QED) is 0.285. The molecule has 32 heavy (non-hydrogen) atoms. The molecule has 1 fully saturated rings. The minimum atomic E-state index is -0.872. The second-order valence-corrected chi connectivity index (χ2v) is 9.69. The molecule has 2 aliphatic carbocycles. The summed E-state index contributed by atoms with van der Waals surface area (Å²) in [4.78, 5) is 9.53. The summed E-state index contributed by atoms with van der Waals surface area (Å²) in [5, 5.41) is 33.4. The van der Waals surface area contributed by atoms with E-state index in [1.165, 1.54) is 5.56 Å². The number of nitrogens with one attached hydrogen (secondary N) is 1. The Kier molecular flexibility index (Phi) is 5.88. The molecule has 3 aromatic rings. The number of hydrogen-bond donors (Lipinski definition) is 3. The van der Waals surface area contributed by atoms with Gasteiger partial charge in [0.25, 0.3) is 0 Å². The van der Waals surface area contributed by atoms with Crippen LogP contribution in [0.3, 0.4) is 0 Å². The molecule has 0 saturated heterocycles. The van der Waals surface area contributed by atoms with Gasteiger partial charge < -0.3 is 15.5 Å². The summed E-state index contributed by atoms with van der Waals surface area (Å²) in [5.74, 6) is 1.86. The van der Waals surface area contributed by atoms with Crippen LogP contribution in [0.1, 0.15) is 44.2 Å². The smallest absolute Gasteiger partial charge is 0.191 e. The second-order valence-electron chi connectivity index (χ2n) is 8.63. The number of aromatic nitrogens is 5. The zero-order valence-corrected chi connectivity index (χ0v) is 19.0. The van der Waals surface area contributed by atoms with Gasteiger partial charge in [-0.05, 0) is 18.4 Å². The van der Waals surface area contributed by atoms with Crippen LogP contribution in [0.15, 0.2) is 47.6 Å². The number of thioether (sulfide) groups is 1. The Morgan fingerprint density at radius 2 is 1.97 bits per heavy atom. The SMILES string of the molecule is CCCSc1nc(N[C@@H]2C[C@H]2c2ccccc2)c2nnn([C@@H]3C=C[C@H](O)[C@@H](O)C3C)c2n1. The number of aliphatic hydroxyl groups is 2. The van der Waals surface area contributed by atoms with Crippen LogP contribution in [0.25, 0.3) is 11.2 Å². The van der Waals surface area contributed by atoms with E-state index >= 15 is 0 Å². The van der Waals surface area contributed by atoms with Crippen molar-refractivity contribution in [2.45, 2.75) is 62.1 Å². The molecule has 1 saturated carbocycles. The van der Waals surface area contributed by atoms with Crippen LogP contribution in [0.2, 0.25) is 0 Å². The first-order chi connectivity index (χ1) is 15.6. The van der Waals surface area contributed by atoms with Gasteiger partial charge in [-0.15, -0.1) is 5.10 Å². The fourth-order valence-corrected chi connectivity index (χ4v) is 5.00. The van der Waals surface area contributed by atoms with Crippen molar-refractivity contribution in [1.82, 2.24) is 25.0 Å². The largest absolute Gasteiger partial charge is 0.390 e. The van der Waals surface area contributed by atoms with Crippen molar-refractivity contribution in [2.75, 3.05) is 11.1 Å². The van der Waals surface area contributed by atoms with E-state index in [-0.39, 0.29) is 12.0 Å². The Bertz CT molecular complexity index is 1120. The fourth-order valence-electron chi connectivity index (χ4n) is 4.30. The molecule has 1 unspecified atom stereocenters. The van der Waals surface area contributed by atoms with E-state index in [0.29, 0.717) is 34.1 Å². The minimum Gasteiger partial charge on any atom is -0.390 e. The Morgan fingerprint density at radius 1 is 1.16 bits per heavy atom. The monoisotopic (exact) mass is 452 g/mol. The number of allylic oxidation sites excluding steroid dienone is 1. The molecule has 3 N–H and O–H groups in total. The van der Waals surface area contributed by atoms with Crippen LogP contribution >= 0.6 is 11.8 Å². The lowest BCUT2D eigenvalue weighted by Gasteiger charge is -2.31. The van der Waals surface area contributed by atoms with Crippen molar-refractivity contribution in [3.63, 3.8) is 0 Å². The van der Waals surface area contributed by atoms with Crippen LogP contribution in [-0.2, 0) is 0 Å². The number of nitrogens with zero attached hydrogens (tertiary/aromatic N) is 5. The van der Waals surface area contributed by atoms with E-state index in [2.05, 4.69) is 46.8 Å². The number of benzene rings is 1. The van der Waals surface area contributed by atoms with E-state index in [9.17, 15) is 10.2 Å². The highest BCUT2D eigenvalue weighted by atomic mass is 32.2. The molecule has 1 aromatic carbocycles. The van der Waals surface area contributed by atoms with Crippen LogP contribution in [0, 0.1) is 5.92 Å². The first-order valence-electron chi connectivity index (χ1n) is 11.2. The molecule has 0 amide bonds. The van der Waals surface area contributed by atoms with Crippen molar-refractivity contribution in [1.29, 1.82) is 0 Å². The minimum absolute atomic E-state index is 0.232. The van der Waals surface area contributed by atoms with Crippen LogP contribution in [-0.4, -0.2) is 59.2 Å². The third-order valence-electron chi connectivity index (χ3n) is 6.29. The van der Waals surface area contributed by atoms with Gasteiger partial charge in [-0.3, -0.25) is 0 Å². The van der Waals surface area contributed by atoms with Crippen molar-refractivity contribution >= 4 is 28.7 Å². The number of hydrogen-bond acceptors (Lipinski definition) is 8. The third kappa shape index (κ3) is 4.00. The fraction of sp³-hybridized carbons (Fsp3) is 0.478. The summed E-state index contributed by atoms with van der Waals surface area (Å²) >= 11 is 1.62. The lowest BCUT2D eigenvalue weighted by Crippen LogP contribution is -2.39. The molecule has 8 nitrogen and oxygen atoms in total. The normalized spacial score (nSPS) is 29.4. The van der Waals surface area contributed by atoms with Gasteiger partial charge in [-0.25, -0.2) is 14.6 Å². The maximum absolute atomic E-state index is 10.4. The summed E-state index contributed by atoms with van der Waals surface area (Å²) in [5.41, 5.74) is 2.60. The van der Waals surface area contributed by atoms with Crippen molar-refractivity contribution < 1.29 is 10.2 Å². The van der Waals surface area contributed by atoms with Crippen LogP contribution in [0.4, 0.5) is 5.82 Å². The highest BCUT2D eigenvalue weighted by Gasteiger charge is 2.39. The van der Waals surface area contributed by atoms with Crippen molar-refractivity contribution in [3.8, 4) is 0 Å². The first kappa shape index (κ1) is 21.4. The van der Waals surface area contributed by atoms with E-state index in [4.69, 9.17) is 9.97 Å². The van der Waals surface area contributed by atoms with Gasteiger partial charge >= 0.3 is 0 Å². The molecule has 9 heteroatoms. The third-order valence-corrected chi connectivity index (χ3v) is 7.35. The molecule has 168 valence electrons. The number of rotatable bonds is 7. The van der Waals surface area contributed by atoms with Gasteiger partial charge in [0, 0.05) is 23.6 Å². The Morgan fingerprint density at radius 3 is 2.75 bits per heavy atom. The molecule has 0 spiro atoms. The standard InChI is InChI=1S/C23H28N6O2S/c1-3-11-32-23-25-21(24-16-12-15(16)14-7-5-4-6-8-14)19-22(26-23)29(28-27-19)17-9-10-18(30)20(31)13(17)2/h4-10,13,15-18,20,30-31H,3,11-12H2,1-2H3,(H,24,25,26)/t13?,15-,16+,17+,18-,20-/m0/s1. The molecular formula is C23H28N6O2S. The van der Waals surface area contributed by atoms with Gasteiger partial charge in [-0.2, -0.15) is 0 Å². The van der Waals surface area contributed by atoms with Gasteiger partial charge in [0.1, 0.15) is 0 Å². The number of aliphatic hydroxyl groups excluding tert-OH is 2.